The zero-order valence-corrected chi connectivity index (χ0v) is 9.92. The second kappa shape index (κ2) is 3.86. The molecule has 6 heteroatoms. The Morgan fingerprint density at radius 3 is 2.56 bits per heavy atom. The molecule has 0 saturated carbocycles. The van der Waals surface area contributed by atoms with Crippen molar-refractivity contribution < 1.29 is 8.78 Å². The van der Waals surface area contributed by atoms with E-state index >= 15 is 0 Å². The molecule has 1 aromatic heterocycles. The van der Waals surface area contributed by atoms with Crippen molar-refractivity contribution in [3.05, 3.63) is 40.0 Å². The third-order valence-corrected chi connectivity index (χ3v) is 2.75. The number of rotatable bonds is 1. The molecule has 1 aromatic carbocycles. The van der Waals surface area contributed by atoms with Gasteiger partial charge in [0, 0.05) is 22.3 Å². The molecule has 3 nitrogen and oxygen atoms in total. The summed E-state index contributed by atoms with van der Waals surface area (Å²) in [4.78, 5) is 0. The summed E-state index contributed by atoms with van der Waals surface area (Å²) in [6, 6.07) is 1.97. The van der Waals surface area contributed by atoms with Crippen LogP contribution in [-0.2, 0) is 0 Å². The van der Waals surface area contributed by atoms with E-state index in [0.29, 0.717) is 5.82 Å². The number of nitrogen functional groups attached to an aromatic ring is 1. The monoisotopic (exact) mass is 287 g/mol. The summed E-state index contributed by atoms with van der Waals surface area (Å²) in [5.41, 5.74) is 6.44. The smallest absolute Gasteiger partial charge is 0.152 e. The van der Waals surface area contributed by atoms with Crippen LogP contribution in [-0.4, -0.2) is 9.78 Å². The molecule has 0 saturated heterocycles. The molecule has 0 amide bonds. The molecular formula is C10H8BrF2N3. The highest BCUT2D eigenvalue weighted by molar-refractivity contribution is 9.10. The number of hydrogen-bond acceptors (Lipinski definition) is 2. The van der Waals surface area contributed by atoms with Crippen molar-refractivity contribution >= 4 is 21.7 Å². The molecule has 0 unspecified atom stereocenters. The molecule has 0 aliphatic heterocycles. The fourth-order valence-electron chi connectivity index (χ4n) is 1.34. The molecule has 2 N–H and O–H groups in total. The lowest BCUT2D eigenvalue weighted by Crippen LogP contribution is -2.01. The lowest BCUT2D eigenvalue weighted by Gasteiger charge is -2.05. The van der Waals surface area contributed by atoms with Gasteiger partial charge in [0.15, 0.2) is 5.82 Å². The highest BCUT2D eigenvalue weighted by atomic mass is 79.9. The maximum Gasteiger partial charge on any atom is 0.152 e. The molecule has 0 spiro atoms. The van der Waals surface area contributed by atoms with Gasteiger partial charge >= 0.3 is 0 Å². The molecular weight excluding hydrogens is 280 g/mol. The molecule has 16 heavy (non-hydrogen) atoms. The van der Waals surface area contributed by atoms with Crippen molar-refractivity contribution in [3.8, 4) is 5.69 Å². The van der Waals surface area contributed by atoms with E-state index in [1.165, 1.54) is 10.7 Å². The number of anilines is 1. The molecule has 1 heterocycles. The average molecular weight is 288 g/mol. The lowest BCUT2D eigenvalue weighted by molar-refractivity contribution is 0.572. The summed E-state index contributed by atoms with van der Waals surface area (Å²) in [6.45, 7) is 1.76. The quantitative estimate of drug-likeness (QED) is 0.877. The SMILES string of the molecule is Cc1cn(-c2c(F)cc(F)cc2Br)nc1N. The fourth-order valence-corrected chi connectivity index (χ4v) is 1.93. The number of nitrogens with two attached hydrogens (primary N) is 1. The van der Waals surface area contributed by atoms with Gasteiger partial charge in [0.05, 0.1) is 0 Å². The second-order valence-electron chi connectivity index (χ2n) is 3.36. The van der Waals surface area contributed by atoms with Crippen LogP contribution in [0.3, 0.4) is 0 Å². The van der Waals surface area contributed by atoms with Crippen LogP contribution < -0.4 is 5.73 Å². The van der Waals surface area contributed by atoms with Gasteiger partial charge in [-0.25, -0.2) is 13.5 Å². The topological polar surface area (TPSA) is 43.8 Å². The zero-order chi connectivity index (χ0) is 11.9. The first-order valence-corrected chi connectivity index (χ1v) is 5.25. The van der Waals surface area contributed by atoms with Crippen molar-refractivity contribution in [2.75, 3.05) is 5.73 Å². The van der Waals surface area contributed by atoms with Crippen LogP contribution >= 0.6 is 15.9 Å². The van der Waals surface area contributed by atoms with Crippen molar-refractivity contribution in [2.45, 2.75) is 6.92 Å². The predicted octanol–water partition coefficient (Wildman–Crippen LogP) is 2.80. The highest BCUT2D eigenvalue weighted by Gasteiger charge is 2.13. The van der Waals surface area contributed by atoms with Gasteiger partial charge in [-0.3, -0.25) is 0 Å². The predicted molar refractivity (Wildman–Crippen MR) is 60.3 cm³/mol. The molecule has 0 aliphatic carbocycles. The standard InChI is InChI=1S/C10H8BrF2N3/c1-5-4-16(15-10(5)14)9-7(11)2-6(12)3-8(9)13/h2-4H,1H3,(H2,14,15). The molecule has 0 bridgehead atoms. The Bertz CT molecular complexity index is 508. The van der Waals surface area contributed by atoms with E-state index in [4.69, 9.17) is 5.73 Å². The van der Waals surface area contributed by atoms with Crippen LogP contribution in [0.1, 0.15) is 5.56 Å². The summed E-state index contributed by atoms with van der Waals surface area (Å²) >= 11 is 3.09. The van der Waals surface area contributed by atoms with E-state index in [0.717, 1.165) is 11.6 Å². The maximum absolute atomic E-state index is 13.6. The normalized spacial score (nSPS) is 10.8. The van der Waals surface area contributed by atoms with Crippen molar-refractivity contribution in [1.82, 2.24) is 9.78 Å². The van der Waals surface area contributed by atoms with E-state index in [9.17, 15) is 8.78 Å². The van der Waals surface area contributed by atoms with E-state index in [1.54, 1.807) is 13.1 Å². The zero-order valence-electron chi connectivity index (χ0n) is 8.34. The van der Waals surface area contributed by atoms with Gasteiger partial charge in [-0.05, 0) is 28.9 Å². The first-order chi connectivity index (χ1) is 7.49. The second-order valence-corrected chi connectivity index (χ2v) is 4.21. The summed E-state index contributed by atoms with van der Waals surface area (Å²) < 4.78 is 28.0. The Morgan fingerprint density at radius 2 is 2.06 bits per heavy atom. The highest BCUT2D eigenvalue weighted by Crippen LogP contribution is 2.26. The Balaban J connectivity index is 2.64. The summed E-state index contributed by atoms with van der Waals surface area (Å²) in [7, 11) is 0. The van der Waals surface area contributed by atoms with Crippen molar-refractivity contribution in [2.24, 2.45) is 0 Å². The largest absolute Gasteiger partial charge is 0.382 e. The van der Waals surface area contributed by atoms with Gasteiger partial charge in [0.2, 0.25) is 0 Å². The van der Waals surface area contributed by atoms with Gasteiger partial charge in [-0.1, -0.05) is 0 Å². The Kier molecular flexibility index (Phi) is 2.67. The van der Waals surface area contributed by atoms with E-state index < -0.39 is 11.6 Å². The minimum absolute atomic E-state index is 0.140. The number of nitrogens with zero attached hydrogens (tertiary/aromatic N) is 2. The Hall–Kier alpha value is -1.43. The molecule has 2 aromatic rings. The molecule has 2 rings (SSSR count). The number of hydrogen-bond donors (Lipinski definition) is 1. The fraction of sp³-hybridized carbons (Fsp3) is 0.100. The number of benzene rings is 1. The third-order valence-electron chi connectivity index (χ3n) is 2.15. The van der Waals surface area contributed by atoms with Crippen LogP contribution in [0.4, 0.5) is 14.6 Å². The average Bonchev–Trinajstić information content (AvgIpc) is 2.44. The van der Waals surface area contributed by atoms with Crippen LogP contribution in [0.2, 0.25) is 0 Å². The number of aromatic nitrogens is 2. The Labute approximate surface area is 99.0 Å². The summed E-state index contributed by atoms with van der Waals surface area (Å²) in [5.74, 6) is -1.03. The van der Waals surface area contributed by atoms with E-state index in [2.05, 4.69) is 21.0 Å². The van der Waals surface area contributed by atoms with Crippen molar-refractivity contribution in [3.63, 3.8) is 0 Å². The molecule has 0 atom stereocenters. The van der Waals surface area contributed by atoms with Gasteiger partial charge in [0.1, 0.15) is 17.3 Å². The first-order valence-electron chi connectivity index (χ1n) is 4.45. The van der Waals surface area contributed by atoms with Crippen LogP contribution in [0.15, 0.2) is 22.8 Å². The van der Waals surface area contributed by atoms with Gasteiger partial charge < -0.3 is 5.73 Å². The molecule has 0 fully saturated rings. The van der Waals surface area contributed by atoms with Crippen LogP contribution in [0.25, 0.3) is 5.69 Å². The Morgan fingerprint density at radius 1 is 1.38 bits per heavy atom. The van der Waals surface area contributed by atoms with Crippen molar-refractivity contribution in [1.29, 1.82) is 0 Å². The van der Waals surface area contributed by atoms with Gasteiger partial charge in [-0.15, -0.1) is 0 Å². The minimum Gasteiger partial charge on any atom is -0.382 e. The van der Waals surface area contributed by atoms with E-state index in [1.807, 2.05) is 0 Å². The molecule has 84 valence electrons. The minimum atomic E-state index is -0.700. The van der Waals surface area contributed by atoms with Gasteiger partial charge in [0.25, 0.3) is 0 Å². The first kappa shape index (κ1) is 11.1. The number of halogens is 3. The summed E-state index contributed by atoms with van der Waals surface area (Å²) in [6.07, 6.45) is 1.58. The van der Waals surface area contributed by atoms with Gasteiger partial charge in [-0.2, -0.15) is 5.10 Å². The maximum atomic E-state index is 13.6. The van der Waals surface area contributed by atoms with E-state index in [-0.39, 0.29) is 10.2 Å². The molecule has 0 aliphatic rings. The molecule has 0 radical (unpaired) electrons. The lowest BCUT2D eigenvalue weighted by atomic mass is 10.3. The van der Waals surface area contributed by atoms with Crippen LogP contribution in [0, 0.1) is 18.6 Å². The van der Waals surface area contributed by atoms with Crippen LogP contribution in [0.5, 0.6) is 0 Å². The number of aryl methyl sites for hydroxylation is 1. The summed E-state index contributed by atoms with van der Waals surface area (Å²) in [5, 5.41) is 3.93. The third kappa shape index (κ3) is 1.80.